The van der Waals surface area contributed by atoms with E-state index in [0.29, 0.717) is 5.56 Å². The molecule has 0 aromatic heterocycles. The number of alkyl halides is 3. The maximum atomic E-state index is 12.5. The van der Waals surface area contributed by atoms with Crippen LogP contribution in [0.25, 0.3) is 0 Å². The van der Waals surface area contributed by atoms with Crippen molar-refractivity contribution in [1.82, 2.24) is 0 Å². The van der Waals surface area contributed by atoms with Gasteiger partial charge in [0, 0.05) is 13.1 Å². The van der Waals surface area contributed by atoms with Crippen molar-refractivity contribution in [3.63, 3.8) is 0 Å². The molecule has 0 aliphatic carbocycles. The topological polar surface area (TPSA) is 49.5 Å². The van der Waals surface area contributed by atoms with Crippen molar-refractivity contribution in [2.24, 2.45) is 5.73 Å². The summed E-state index contributed by atoms with van der Waals surface area (Å²) in [6, 6.07) is 4.73. The molecule has 0 atom stereocenters. The number of nitrogens with zero attached hydrogens (tertiary/aromatic N) is 1. The molecule has 3 N–H and O–H groups in total. The second kappa shape index (κ2) is 6.26. The highest BCUT2D eigenvalue weighted by atomic mass is 35.5. The fourth-order valence-electron chi connectivity index (χ4n) is 1.69. The molecule has 0 aliphatic rings. The molecule has 0 heterocycles. The summed E-state index contributed by atoms with van der Waals surface area (Å²) >= 11 is 5.92. The Bertz CT molecular complexity index is 398. The Labute approximate surface area is 108 Å². The first-order valence-electron chi connectivity index (χ1n) is 5.29. The zero-order valence-corrected chi connectivity index (χ0v) is 10.3. The lowest BCUT2D eigenvalue weighted by molar-refractivity contribution is -0.119. The minimum absolute atomic E-state index is 0.0790. The standard InChI is InChI=1S/C11H14ClF3N2O/c12-9-3-1-2-8(6-16)10(9)17(4-5-18)7-11(13,14)15/h1-3,18H,4-7,16H2. The molecule has 0 amide bonds. The van der Waals surface area contributed by atoms with Gasteiger partial charge in [0.2, 0.25) is 0 Å². The van der Waals surface area contributed by atoms with E-state index >= 15 is 0 Å². The first kappa shape index (κ1) is 15.1. The number of para-hydroxylation sites is 1. The molecule has 0 saturated carbocycles. The van der Waals surface area contributed by atoms with E-state index in [1.807, 2.05) is 0 Å². The zero-order valence-electron chi connectivity index (χ0n) is 9.54. The van der Waals surface area contributed by atoms with Crippen LogP contribution < -0.4 is 10.6 Å². The van der Waals surface area contributed by atoms with E-state index in [-0.39, 0.29) is 23.8 Å². The SMILES string of the molecule is NCc1cccc(Cl)c1N(CCO)CC(F)(F)F. The van der Waals surface area contributed by atoms with Crippen LogP contribution in [0.5, 0.6) is 0 Å². The highest BCUT2D eigenvalue weighted by Crippen LogP contribution is 2.31. The molecule has 0 spiro atoms. The van der Waals surface area contributed by atoms with Gasteiger partial charge in [-0.05, 0) is 11.6 Å². The van der Waals surface area contributed by atoms with Crippen LogP contribution in [-0.2, 0) is 6.54 Å². The van der Waals surface area contributed by atoms with Crippen LogP contribution in [0.15, 0.2) is 18.2 Å². The fourth-order valence-corrected chi connectivity index (χ4v) is 2.00. The molecule has 3 nitrogen and oxygen atoms in total. The average molecular weight is 283 g/mol. The first-order valence-corrected chi connectivity index (χ1v) is 5.67. The van der Waals surface area contributed by atoms with Gasteiger partial charge in [-0.1, -0.05) is 23.7 Å². The predicted molar refractivity (Wildman–Crippen MR) is 64.7 cm³/mol. The fraction of sp³-hybridized carbons (Fsp3) is 0.455. The second-order valence-corrected chi connectivity index (χ2v) is 4.12. The van der Waals surface area contributed by atoms with Gasteiger partial charge in [-0.3, -0.25) is 0 Å². The van der Waals surface area contributed by atoms with E-state index in [1.54, 1.807) is 12.1 Å². The molecule has 1 rings (SSSR count). The van der Waals surface area contributed by atoms with E-state index in [1.165, 1.54) is 6.07 Å². The normalized spacial score (nSPS) is 11.7. The molecule has 102 valence electrons. The van der Waals surface area contributed by atoms with E-state index in [4.69, 9.17) is 22.4 Å². The number of aliphatic hydroxyl groups is 1. The van der Waals surface area contributed by atoms with E-state index < -0.39 is 19.3 Å². The van der Waals surface area contributed by atoms with Crippen molar-refractivity contribution in [2.75, 3.05) is 24.6 Å². The molecule has 7 heteroatoms. The molecule has 18 heavy (non-hydrogen) atoms. The molecule has 0 fully saturated rings. The monoisotopic (exact) mass is 282 g/mol. The van der Waals surface area contributed by atoms with E-state index in [2.05, 4.69) is 0 Å². The van der Waals surface area contributed by atoms with E-state index in [9.17, 15) is 13.2 Å². The number of anilines is 1. The number of benzene rings is 1. The first-order chi connectivity index (χ1) is 8.39. The van der Waals surface area contributed by atoms with Crippen LogP contribution in [-0.4, -0.2) is 31.0 Å². The van der Waals surface area contributed by atoms with Gasteiger partial charge in [0.1, 0.15) is 6.54 Å². The molecule has 1 aromatic rings. The van der Waals surface area contributed by atoms with Crippen molar-refractivity contribution < 1.29 is 18.3 Å². The Morgan fingerprint density at radius 3 is 2.50 bits per heavy atom. The summed E-state index contributed by atoms with van der Waals surface area (Å²) in [5.74, 6) is 0. The van der Waals surface area contributed by atoms with Gasteiger partial charge < -0.3 is 15.7 Å². The molecule has 0 unspecified atom stereocenters. The van der Waals surface area contributed by atoms with Crippen molar-refractivity contribution >= 4 is 17.3 Å². The van der Waals surface area contributed by atoms with Crippen LogP contribution in [0.4, 0.5) is 18.9 Å². The molecular formula is C11H14ClF3N2O. The Kier molecular flexibility index (Phi) is 5.25. The second-order valence-electron chi connectivity index (χ2n) is 3.71. The Morgan fingerprint density at radius 1 is 1.33 bits per heavy atom. The maximum Gasteiger partial charge on any atom is 0.405 e. The minimum atomic E-state index is -4.37. The Morgan fingerprint density at radius 2 is 2.00 bits per heavy atom. The number of hydrogen-bond acceptors (Lipinski definition) is 3. The van der Waals surface area contributed by atoms with Crippen molar-refractivity contribution in [3.05, 3.63) is 28.8 Å². The molecule has 1 aromatic carbocycles. The summed E-state index contributed by atoms with van der Waals surface area (Å²) in [7, 11) is 0. The van der Waals surface area contributed by atoms with Crippen molar-refractivity contribution in [2.45, 2.75) is 12.7 Å². The summed E-state index contributed by atoms with van der Waals surface area (Å²) in [5.41, 5.74) is 6.23. The van der Waals surface area contributed by atoms with Crippen LogP contribution in [0.3, 0.4) is 0 Å². The van der Waals surface area contributed by atoms with Gasteiger partial charge in [0.15, 0.2) is 0 Å². The van der Waals surface area contributed by atoms with Crippen LogP contribution >= 0.6 is 11.6 Å². The minimum Gasteiger partial charge on any atom is -0.395 e. The Balaban J connectivity index is 3.12. The van der Waals surface area contributed by atoms with Gasteiger partial charge in [-0.25, -0.2) is 0 Å². The molecular weight excluding hydrogens is 269 g/mol. The third-order valence-corrected chi connectivity index (χ3v) is 2.65. The smallest absolute Gasteiger partial charge is 0.395 e. The van der Waals surface area contributed by atoms with Gasteiger partial charge in [-0.2, -0.15) is 13.2 Å². The van der Waals surface area contributed by atoms with Gasteiger partial charge in [-0.15, -0.1) is 0 Å². The lowest BCUT2D eigenvalue weighted by Crippen LogP contribution is -2.37. The van der Waals surface area contributed by atoms with Crippen molar-refractivity contribution in [1.29, 1.82) is 0 Å². The third-order valence-electron chi connectivity index (χ3n) is 2.35. The van der Waals surface area contributed by atoms with Crippen LogP contribution in [0, 0.1) is 0 Å². The highest BCUT2D eigenvalue weighted by Gasteiger charge is 2.32. The van der Waals surface area contributed by atoms with Gasteiger partial charge >= 0.3 is 6.18 Å². The molecule has 0 radical (unpaired) electrons. The summed E-state index contributed by atoms with van der Waals surface area (Å²) < 4.78 is 37.5. The lowest BCUT2D eigenvalue weighted by atomic mass is 10.1. The van der Waals surface area contributed by atoms with Crippen LogP contribution in [0.1, 0.15) is 5.56 Å². The summed E-state index contributed by atoms with van der Waals surface area (Å²) in [4.78, 5) is 0.991. The number of rotatable bonds is 5. The summed E-state index contributed by atoms with van der Waals surface area (Å²) in [6.07, 6.45) is -4.37. The number of nitrogens with two attached hydrogens (primary N) is 1. The largest absolute Gasteiger partial charge is 0.405 e. The lowest BCUT2D eigenvalue weighted by Gasteiger charge is -2.28. The van der Waals surface area contributed by atoms with Crippen molar-refractivity contribution in [3.8, 4) is 0 Å². The summed E-state index contributed by atoms with van der Waals surface area (Å²) in [6.45, 7) is -1.65. The maximum absolute atomic E-state index is 12.5. The highest BCUT2D eigenvalue weighted by molar-refractivity contribution is 6.33. The molecule has 0 aliphatic heterocycles. The van der Waals surface area contributed by atoms with Gasteiger partial charge in [0.05, 0.1) is 17.3 Å². The summed E-state index contributed by atoms with van der Waals surface area (Å²) in [5, 5.41) is 9.06. The van der Waals surface area contributed by atoms with Crippen LogP contribution in [0.2, 0.25) is 5.02 Å². The Hall–Kier alpha value is -0.980. The molecule has 0 bridgehead atoms. The number of halogens is 4. The zero-order chi connectivity index (χ0) is 13.8. The number of hydrogen-bond donors (Lipinski definition) is 2. The number of aliphatic hydroxyl groups excluding tert-OH is 1. The quantitative estimate of drug-likeness (QED) is 0.870. The van der Waals surface area contributed by atoms with Gasteiger partial charge in [0.25, 0.3) is 0 Å². The predicted octanol–water partition coefficient (Wildman–Crippen LogP) is 2.16. The molecule has 0 saturated heterocycles. The average Bonchev–Trinajstić information content (AvgIpc) is 2.26. The third kappa shape index (κ3) is 4.04. The van der Waals surface area contributed by atoms with E-state index in [0.717, 1.165) is 4.90 Å².